The zero-order valence-corrected chi connectivity index (χ0v) is 12.6. The van der Waals surface area contributed by atoms with Gasteiger partial charge in [-0.1, -0.05) is 5.16 Å². The van der Waals surface area contributed by atoms with Gasteiger partial charge in [-0.2, -0.15) is 0 Å². The first-order valence-corrected chi connectivity index (χ1v) is 6.90. The summed E-state index contributed by atoms with van der Waals surface area (Å²) in [5, 5.41) is 6.47. The third kappa shape index (κ3) is 2.84. The number of halogens is 2. The van der Waals surface area contributed by atoms with Gasteiger partial charge in [-0.15, -0.1) is 8.78 Å². The maximum atomic E-state index is 13.0. The smallest absolute Gasteiger partial charge is 0.395 e. The van der Waals surface area contributed by atoms with Crippen LogP contribution in [0.4, 0.5) is 14.5 Å². The van der Waals surface area contributed by atoms with E-state index < -0.39 is 12.2 Å². The molecule has 0 aliphatic carbocycles. The highest BCUT2D eigenvalue weighted by molar-refractivity contribution is 5.96. The van der Waals surface area contributed by atoms with E-state index in [-0.39, 0.29) is 17.4 Å². The molecular weight excluding hydrogens is 310 g/mol. The molecule has 0 radical (unpaired) electrons. The minimum atomic E-state index is -3.69. The van der Waals surface area contributed by atoms with Gasteiger partial charge in [-0.05, 0) is 32.9 Å². The first-order valence-electron chi connectivity index (χ1n) is 6.90. The molecule has 23 heavy (non-hydrogen) atoms. The maximum absolute atomic E-state index is 13.0. The molecule has 0 spiro atoms. The Hall–Kier alpha value is -2.64. The summed E-state index contributed by atoms with van der Waals surface area (Å²) in [7, 11) is 0. The van der Waals surface area contributed by atoms with Crippen LogP contribution in [-0.4, -0.2) is 17.4 Å². The Morgan fingerprint density at radius 3 is 2.61 bits per heavy atom. The largest absolute Gasteiger partial charge is 0.586 e. The highest BCUT2D eigenvalue weighted by Gasteiger charge is 2.43. The Bertz CT molecular complexity index is 753. The summed E-state index contributed by atoms with van der Waals surface area (Å²) < 4.78 is 39.7. The molecule has 1 aliphatic heterocycles. The predicted octanol–water partition coefficient (Wildman–Crippen LogP) is 3.36. The molecule has 0 saturated carbocycles. The minimum Gasteiger partial charge on any atom is -0.395 e. The Balaban J connectivity index is 1.77. The van der Waals surface area contributed by atoms with Crippen molar-refractivity contribution in [3.63, 3.8) is 0 Å². The van der Waals surface area contributed by atoms with Crippen molar-refractivity contribution in [1.82, 2.24) is 5.16 Å². The summed E-state index contributed by atoms with van der Waals surface area (Å²) in [5.74, 6) is -0.460. The van der Waals surface area contributed by atoms with Crippen LogP contribution in [0.15, 0.2) is 22.7 Å². The molecule has 1 N–H and O–H groups in total. The number of hydrogen-bond donors (Lipinski definition) is 1. The second kappa shape index (κ2) is 5.22. The summed E-state index contributed by atoms with van der Waals surface area (Å²) in [6.07, 6.45) is -3.69. The van der Waals surface area contributed by atoms with Crippen LogP contribution >= 0.6 is 0 Å². The van der Waals surface area contributed by atoms with E-state index in [0.717, 1.165) is 0 Å². The molecule has 0 unspecified atom stereocenters. The summed E-state index contributed by atoms with van der Waals surface area (Å²) in [4.78, 5) is 12.3. The quantitative estimate of drug-likeness (QED) is 0.937. The number of nitrogens with one attached hydrogen (secondary N) is 1. The molecule has 6 nitrogen and oxygen atoms in total. The third-order valence-electron chi connectivity index (χ3n) is 3.58. The van der Waals surface area contributed by atoms with Crippen LogP contribution in [0.3, 0.4) is 0 Å². The highest BCUT2D eigenvalue weighted by Crippen LogP contribution is 2.42. The van der Waals surface area contributed by atoms with E-state index in [0.29, 0.717) is 22.7 Å². The van der Waals surface area contributed by atoms with Gasteiger partial charge in [0.05, 0.1) is 11.6 Å². The SMILES string of the molecule is Cc1noc(C)c1[C@@H](C)C(=O)Nc1ccc2c(c1)OC(F)(F)O2. The topological polar surface area (TPSA) is 73.6 Å². The van der Waals surface area contributed by atoms with Gasteiger partial charge >= 0.3 is 6.29 Å². The van der Waals surface area contributed by atoms with Gasteiger partial charge in [0.2, 0.25) is 5.91 Å². The lowest BCUT2D eigenvalue weighted by Gasteiger charge is -2.12. The van der Waals surface area contributed by atoms with Crippen LogP contribution < -0.4 is 14.8 Å². The molecule has 2 heterocycles. The second-order valence-electron chi connectivity index (χ2n) is 5.28. The van der Waals surface area contributed by atoms with Crippen molar-refractivity contribution in [3.05, 3.63) is 35.2 Å². The molecule has 1 aromatic carbocycles. The number of amides is 1. The highest BCUT2D eigenvalue weighted by atomic mass is 19.3. The molecule has 3 rings (SSSR count). The van der Waals surface area contributed by atoms with Gasteiger partial charge in [0.25, 0.3) is 0 Å². The summed E-state index contributed by atoms with van der Waals surface area (Å²) in [5.41, 5.74) is 1.67. The summed E-state index contributed by atoms with van der Waals surface area (Å²) >= 11 is 0. The fourth-order valence-corrected chi connectivity index (χ4v) is 2.52. The van der Waals surface area contributed by atoms with Gasteiger partial charge in [-0.25, -0.2) is 0 Å². The van der Waals surface area contributed by atoms with Gasteiger partial charge < -0.3 is 19.3 Å². The van der Waals surface area contributed by atoms with Crippen molar-refractivity contribution in [3.8, 4) is 11.5 Å². The Labute approximate surface area is 130 Å². The van der Waals surface area contributed by atoms with Gasteiger partial charge in [0, 0.05) is 17.3 Å². The average molecular weight is 324 g/mol. The number of aryl methyl sites for hydroxylation is 2. The van der Waals surface area contributed by atoms with E-state index in [1.165, 1.54) is 18.2 Å². The molecule has 1 amide bonds. The van der Waals surface area contributed by atoms with Crippen molar-refractivity contribution < 1.29 is 27.6 Å². The van der Waals surface area contributed by atoms with Crippen LogP contribution in [0.25, 0.3) is 0 Å². The van der Waals surface area contributed by atoms with Crippen LogP contribution in [-0.2, 0) is 4.79 Å². The molecule has 2 aromatic rings. The van der Waals surface area contributed by atoms with Crippen LogP contribution in [0, 0.1) is 13.8 Å². The lowest BCUT2D eigenvalue weighted by atomic mass is 9.98. The van der Waals surface area contributed by atoms with Crippen molar-refractivity contribution in [2.75, 3.05) is 5.32 Å². The number of nitrogens with zero attached hydrogens (tertiary/aromatic N) is 1. The Kier molecular flexibility index (Phi) is 3.46. The van der Waals surface area contributed by atoms with Crippen LogP contribution in [0.5, 0.6) is 11.5 Å². The number of benzene rings is 1. The number of aromatic nitrogens is 1. The molecule has 0 bridgehead atoms. The van der Waals surface area contributed by atoms with Crippen molar-refractivity contribution in [2.45, 2.75) is 33.0 Å². The third-order valence-corrected chi connectivity index (χ3v) is 3.58. The molecule has 122 valence electrons. The van der Waals surface area contributed by atoms with Crippen molar-refractivity contribution in [2.24, 2.45) is 0 Å². The fourth-order valence-electron chi connectivity index (χ4n) is 2.52. The Morgan fingerprint density at radius 1 is 1.26 bits per heavy atom. The molecule has 0 fully saturated rings. The zero-order chi connectivity index (χ0) is 16.8. The number of hydrogen-bond acceptors (Lipinski definition) is 5. The number of carbonyl (C=O) groups excluding carboxylic acids is 1. The van der Waals surface area contributed by atoms with E-state index in [2.05, 4.69) is 19.9 Å². The average Bonchev–Trinajstić information content (AvgIpc) is 2.95. The second-order valence-corrected chi connectivity index (χ2v) is 5.28. The van der Waals surface area contributed by atoms with E-state index >= 15 is 0 Å². The van der Waals surface area contributed by atoms with Crippen LogP contribution in [0.2, 0.25) is 0 Å². The van der Waals surface area contributed by atoms with Gasteiger partial charge in [-0.3, -0.25) is 4.79 Å². The maximum Gasteiger partial charge on any atom is 0.586 e. The van der Waals surface area contributed by atoms with Gasteiger partial charge in [0.1, 0.15) is 5.76 Å². The first-order chi connectivity index (χ1) is 10.8. The lowest BCUT2D eigenvalue weighted by molar-refractivity contribution is -0.286. The Morgan fingerprint density at radius 2 is 1.96 bits per heavy atom. The normalized spacial score (nSPS) is 16.2. The van der Waals surface area contributed by atoms with E-state index in [4.69, 9.17) is 4.52 Å². The van der Waals surface area contributed by atoms with Gasteiger partial charge in [0.15, 0.2) is 11.5 Å². The number of anilines is 1. The van der Waals surface area contributed by atoms with Crippen LogP contribution in [0.1, 0.15) is 29.9 Å². The van der Waals surface area contributed by atoms with E-state index in [9.17, 15) is 13.6 Å². The fraction of sp³-hybridized carbons (Fsp3) is 0.333. The predicted molar refractivity (Wildman–Crippen MR) is 75.7 cm³/mol. The molecule has 1 aromatic heterocycles. The monoisotopic (exact) mass is 324 g/mol. The molecule has 0 saturated heterocycles. The van der Waals surface area contributed by atoms with Crippen molar-refractivity contribution >= 4 is 11.6 Å². The zero-order valence-electron chi connectivity index (χ0n) is 12.6. The molecular formula is C15H14F2N2O4. The number of fused-ring (bicyclic) bond motifs is 1. The number of alkyl halides is 2. The molecule has 1 atom stereocenters. The van der Waals surface area contributed by atoms with E-state index in [1.807, 2.05) is 0 Å². The number of carbonyl (C=O) groups is 1. The van der Waals surface area contributed by atoms with Crippen molar-refractivity contribution in [1.29, 1.82) is 0 Å². The number of rotatable bonds is 3. The standard InChI is InChI=1S/C15H14F2N2O4/c1-7(13-8(2)19-23-9(13)3)14(20)18-10-4-5-11-12(6-10)22-15(16,17)21-11/h4-7H,1-3H3,(H,18,20)/t7-/m1/s1. The molecule has 1 aliphatic rings. The van der Waals surface area contributed by atoms with E-state index in [1.54, 1.807) is 20.8 Å². The first kappa shape index (κ1) is 15.3. The summed E-state index contributed by atoms with van der Waals surface area (Å²) in [6, 6.07) is 4.06. The summed E-state index contributed by atoms with van der Waals surface area (Å²) in [6.45, 7) is 5.18. The lowest BCUT2D eigenvalue weighted by Crippen LogP contribution is -2.25. The minimum absolute atomic E-state index is 0.0771. The molecule has 8 heteroatoms. The number of ether oxygens (including phenoxy) is 2.